The molecule has 0 aliphatic rings. The van der Waals surface area contributed by atoms with E-state index >= 15 is 0 Å². The molecule has 1 atom stereocenters. The Hall–Kier alpha value is -2.59. The van der Waals surface area contributed by atoms with Gasteiger partial charge in [-0.05, 0) is 44.2 Å². The number of carbonyl (C=O) groups is 2. The number of ether oxygens (including phenoxy) is 1. The van der Waals surface area contributed by atoms with E-state index in [9.17, 15) is 31.2 Å². The molecule has 0 bridgehead atoms. The van der Waals surface area contributed by atoms with Crippen molar-refractivity contribution in [3.05, 3.63) is 58.6 Å². The maximum atomic E-state index is 12.8. The van der Waals surface area contributed by atoms with E-state index in [0.29, 0.717) is 6.07 Å². The Bertz CT molecular complexity index is 1070. The molecule has 1 amide bonds. The van der Waals surface area contributed by atoms with Crippen molar-refractivity contribution < 1.29 is 35.9 Å². The number of hydrogen-bond donors (Lipinski definition) is 1. The third kappa shape index (κ3) is 6.96. The van der Waals surface area contributed by atoms with Gasteiger partial charge >= 0.3 is 12.1 Å². The van der Waals surface area contributed by atoms with E-state index in [2.05, 4.69) is 5.32 Å². The van der Waals surface area contributed by atoms with E-state index in [1.807, 2.05) is 0 Å². The Morgan fingerprint density at radius 2 is 1.74 bits per heavy atom. The van der Waals surface area contributed by atoms with Gasteiger partial charge in [0, 0.05) is 0 Å². The molecule has 2 aromatic carbocycles. The highest BCUT2D eigenvalue weighted by Gasteiger charge is 2.31. The predicted molar refractivity (Wildman–Crippen MR) is 108 cm³/mol. The molecule has 0 saturated heterocycles. The minimum Gasteiger partial charge on any atom is -0.453 e. The zero-order valence-electron chi connectivity index (χ0n) is 16.5. The number of alkyl halides is 3. The fourth-order valence-corrected chi connectivity index (χ4v) is 3.81. The van der Waals surface area contributed by atoms with Crippen molar-refractivity contribution in [2.24, 2.45) is 0 Å². The van der Waals surface area contributed by atoms with Crippen LogP contribution in [0, 0.1) is 6.92 Å². The monoisotopic (exact) mass is 477 g/mol. The summed E-state index contributed by atoms with van der Waals surface area (Å²) in [6.07, 6.45) is -6.52. The Balaban J connectivity index is 1.95. The number of benzene rings is 2. The molecule has 1 N–H and O–H groups in total. The highest BCUT2D eigenvalue weighted by molar-refractivity contribution is 7.91. The van der Waals surface area contributed by atoms with Crippen LogP contribution < -0.4 is 5.32 Å². The Morgan fingerprint density at radius 3 is 2.32 bits per heavy atom. The first-order valence-corrected chi connectivity index (χ1v) is 11.0. The minimum absolute atomic E-state index is 0.0517. The molecule has 0 radical (unpaired) electrons. The summed E-state index contributed by atoms with van der Waals surface area (Å²) in [5.41, 5.74) is -0.441. The first kappa shape index (κ1) is 24.7. The number of aryl methyl sites for hydroxylation is 1. The molecule has 0 aromatic heterocycles. The summed E-state index contributed by atoms with van der Waals surface area (Å²) < 4.78 is 67.9. The van der Waals surface area contributed by atoms with E-state index in [1.165, 1.54) is 19.1 Å². The first-order chi connectivity index (χ1) is 14.3. The Labute approximate surface area is 182 Å². The fraction of sp³-hybridized carbons (Fsp3) is 0.300. The second-order valence-corrected chi connectivity index (χ2v) is 9.21. The van der Waals surface area contributed by atoms with Crippen LogP contribution in [0.2, 0.25) is 5.02 Å². The number of halogens is 4. The highest BCUT2D eigenvalue weighted by Crippen LogP contribution is 2.33. The van der Waals surface area contributed by atoms with Gasteiger partial charge in [0.15, 0.2) is 15.9 Å². The second kappa shape index (κ2) is 9.69. The van der Waals surface area contributed by atoms with Gasteiger partial charge in [0.25, 0.3) is 5.91 Å². The van der Waals surface area contributed by atoms with Crippen LogP contribution in [0.3, 0.4) is 0 Å². The SMILES string of the molecule is Cc1ccc(S(=O)(=O)CCC(=O)OC(C)C(=O)Nc2cc(C(F)(F)F)ccc2Cl)cc1. The summed E-state index contributed by atoms with van der Waals surface area (Å²) in [6, 6.07) is 8.48. The van der Waals surface area contributed by atoms with E-state index < -0.39 is 51.7 Å². The molecule has 2 rings (SSSR count). The number of sulfone groups is 1. The zero-order chi connectivity index (χ0) is 23.4. The third-order valence-corrected chi connectivity index (χ3v) is 6.25. The maximum Gasteiger partial charge on any atom is 0.416 e. The molecule has 0 saturated carbocycles. The van der Waals surface area contributed by atoms with Crippen molar-refractivity contribution >= 4 is 39.0 Å². The van der Waals surface area contributed by atoms with Gasteiger partial charge in [-0.3, -0.25) is 9.59 Å². The molecular weight excluding hydrogens is 459 g/mol. The number of nitrogens with one attached hydrogen (secondary N) is 1. The number of amides is 1. The van der Waals surface area contributed by atoms with Crippen molar-refractivity contribution in [2.45, 2.75) is 37.4 Å². The lowest BCUT2D eigenvalue weighted by atomic mass is 10.2. The van der Waals surface area contributed by atoms with Crippen LogP contribution >= 0.6 is 11.6 Å². The van der Waals surface area contributed by atoms with Gasteiger partial charge in [-0.15, -0.1) is 0 Å². The molecular formula is C20H19ClF3NO5S. The van der Waals surface area contributed by atoms with Gasteiger partial charge in [0.05, 0.1) is 33.3 Å². The highest BCUT2D eigenvalue weighted by atomic mass is 35.5. The molecule has 0 heterocycles. The molecule has 11 heteroatoms. The van der Waals surface area contributed by atoms with Crippen LogP contribution in [0.4, 0.5) is 18.9 Å². The van der Waals surface area contributed by atoms with Crippen LogP contribution in [0.15, 0.2) is 47.4 Å². The lowest BCUT2D eigenvalue weighted by Crippen LogP contribution is -2.30. The summed E-state index contributed by atoms with van der Waals surface area (Å²) in [6.45, 7) is 3.00. The van der Waals surface area contributed by atoms with Crippen LogP contribution in [-0.2, 0) is 30.3 Å². The maximum absolute atomic E-state index is 12.8. The molecule has 0 aliphatic carbocycles. The number of rotatable bonds is 7. The average Bonchev–Trinajstić information content (AvgIpc) is 2.67. The molecule has 31 heavy (non-hydrogen) atoms. The number of anilines is 1. The van der Waals surface area contributed by atoms with E-state index in [0.717, 1.165) is 17.7 Å². The van der Waals surface area contributed by atoms with E-state index in [1.54, 1.807) is 19.1 Å². The molecule has 1 unspecified atom stereocenters. The lowest BCUT2D eigenvalue weighted by molar-refractivity contribution is -0.152. The van der Waals surface area contributed by atoms with Gasteiger partial charge < -0.3 is 10.1 Å². The number of hydrogen-bond acceptors (Lipinski definition) is 5. The van der Waals surface area contributed by atoms with Crippen molar-refractivity contribution in [3.63, 3.8) is 0 Å². The number of esters is 1. The van der Waals surface area contributed by atoms with Gasteiger partial charge in [-0.2, -0.15) is 13.2 Å². The standard InChI is InChI=1S/C20H19ClF3NO5S/c1-12-3-6-15(7-4-12)31(28,29)10-9-18(26)30-13(2)19(27)25-17-11-14(20(22,23)24)5-8-16(17)21/h3-8,11,13H,9-10H2,1-2H3,(H,25,27). The summed E-state index contributed by atoms with van der Waals surface area (Å²) in [7, 11) is -3.73. The van der Waals surface area contributed by atoms with Crippen molar-refractivity contribution in [3.8, 4) is 0 Å². The Kier molecular flexibility index (Phi) is 7.72. The predicted octanol–water partition coefficient (Wildman–Crippen LogP) is 4.40. The molecule has 6 nitrogen and oxygen atoms in total. The molecule has 0 spiro atoms. The van der Waals surface area contributed by atoms with Crippen LogP contribution in [0.1, 0.15) is 24.5 Å². The van der Waals surface area contributed by atoms with Crippen molar-refractivity contribution in [2.75, 3.05) is 11.1 Å². The minimum atomic E-state index is -4.63. The van der Waals surface area contributed by atoms with E-state index in [-0.39, 0.29) is 15.6 Å². The summed E-state index contributed by atoms with van der Waals surface area (Å²) in [4.78, 5) is 24.2. The Morgan fingerprint density at radius 1 is 1.13 bits per heavy atom. The average molecular weight is 478 g/mol. The third-order valence-electron chi connectivity index (χ3n) is 4.18. The lowest BCUT2D eigenvalue weighted by Gasteiger charge is -2.15. The molecule has 0 aliphatic heterocycles. The summed E-state index contributed by atoms with van der Waals surface area (Å²) in [5, 5.41) is 2.03. The molecule has 168 valence electrons. The van der Waals surface area contributed by atoms with Gasteiger partial charge in [-0.1, -0.05) is 29.3 Å². The van der Waals surface area contributed by atoms with Gasteiger partial charge in [0.1, 0.15) is 0 Å². The van der Waals surface area contributed by atoms with Crippen molar-refractivity contribution in [1.82, 2.24) is 0 Å². The fourth-order valence-electron chi connectivity index (χ4n) is 2.42. The van der Waals surface area contributed by atoms with Crippen molar-refractivity contribution in [1.29, 1.82) is 0 Å². The molecule has 0 fully saturated rings. The first-order valence-electron chi connectivity index (χ1n) is 8.96. The van der Waals surface area contributed by atoms with Crippen LogP contribution in [-0.4, -0.2) is 32.2 Å². The van der Waals surface area contributed by atoms with Gasteiger partial charge in [0.2, 0.25) is 0 Å². The zero-order valence-corrected chi connectivity index (χ0v) is 18.1. The normalized spacial score (nSPS) is 12.8. The largest absolute Gasteiger partial charge is 0.453 e. The van der Waals surface area contributed by atoms with Crippen LogP contribution in [0.5, 0.6) is 0 Å². The second-order valence-electron chi connectivity index (χ2n) is 6.70. The smallest absolute Gasteiger partial charge is 0.416 e. The van der Waals surface area contributed by atoms with E-state index in [4.69, 9.17) is 16.3 Å². The number of carbonyl (C=O) groups excluding carboxylic acids is 2. The topological polar surface area (TPSA) is 89.5 Å². The summed E-state index contributed by atoms with van der Waals surface area (Å²) in [5.74, 6) is -2.40. The summed E-state index contributed by atoms with van der Waals surface area (Å²) >= 11 is 5.81. The molecule has 2 aromatic rings. The van der Waals surface area contributed by atoms with Crippen LogP contribution in [0.25, 0.3) is 0 Å². The quantitative estimate of drug-likeness (QED) is 0.597. The van der Waals surface area contributed by atoms with Gasteiger partial charge in [-0.25, -0.2) is 8.42 Å².